The minimum Gasteiger partial charge on any atom is -0.496 e. The molecule has 8 nitrogen and oxygen atoms in total. The first-order chi connectivity index (χ1) is 10.5. The molecule has 0 saturated heterocycles. The summed E-state index contributed by atoms with van der Waals surface area (Å²) in [6, 6.07) is 4.71. The zero-order valence-corrected chi connectivity index (χ0v) is 13.5. The van der Waals surface area contributed by atoms with Crippen LogP contribution in [0.5, 0.6) is 5.75 Å². The highest BCUT2D eigenvalue weighted by atomic mass is 32.2. The van der Waals surface area contributed by atoms with Gasteiger partial charge in [-0.1, -0.05) is 11.3 Å². The van der Waals surface area contributed by atoms with Gasteiger partial charge in [0.05, 0.1) is 18.6 Å². The van der Waals surface area contributed by atoms with Crippen LogP contribution in [0.1, 0.15) is 10.6 Å². The number of hydrogen-bond donors (Lipinski definition) is 1. The Morgan fingerprint density at radius 2 is 2.23 bits per heavy atom. The smallest absolute Gasteiger partial charge is 0.240 e. The van der Waals surface area contributed by atoms with Crippen molar-refractivity contribution < 1.29 is 13.2 Å². The van der Waals surface area contributed by atoms with Gasteiger partial charge in [-0.05, 0) is 30.7 Å². The van der Waals surface area contributed by atoms with E-state index in [0.29, 0.717) is 15.7 Å². The predicted molar refractivity (Wildman–Crippen MR) is 80.4 cm³/mol. The van der Waals surface area contributed by atoms with Crippen LogP contribution in [0.3, 0.4) is 0 Å². The predicted octanol–water partition coefficient (Wildman–Crippen LogP) is 0.981. The molecule has 10 heteroatoms. The molecular weight excluding hydrogens is 326 g/mol. The lowest BCUT2D eigenvalue weighted by Crippen LogP contribution is -2.23. The quantitative estimate of drug-likeness (QED) is 0.744. The molecule has 0 unspecified atom stereocenters. The average molecular weight is 339 g/mol. The summed E-state index contributed by atoms with van der Waals surface area (Å²) < 4.78 is 33.8. The van der Waals surface area contributed by atoms with Crippen molar-refractivity contribution in [2.24, 2.45) is 0 Å². The van der Waals surface area contributed by atoms with Crippen LogP contribution in [0.2, 0.25) is 0 Å². The summed E-state index contributed by atoms with van der Waals surface area (Å²) in [6.07, 6.45) is 1.47. The molecule has 116 valence electrons. The first-order valence-electron chi connectivity index (χ1n) is 6.29. The zero-order valence-electron chi connectivity index (χ0n) is 11.8. The molecule has 2 heterocycles. The fraction of sp³-hybridized carbons (Fsp3) is 0.250. The summed E-state index contributed by atoms with van der Waals surface area (Å²) in [4.78, 5) is 0.809. The third-order valence-electron chi connectivity index (χ3n) is 3.02. The molecule has 0 fully saturated rings. The molecule has 0 amide bonds. The van der Waals surface area contributed by atoms with Crippen LogP contribution in [-0.4, -0.2) is 35.3 Å². The number of sulfonamides is 1. The molecule has 0 aliphatic heterocycles. The SMILES string of the molecule is COc1ccc(S(=O)(=O)NCc2nn3cnnc3s2)cc1C. The zero-order chi connectivity index (χ0) is 15.7. The monoisotopic (exact) mass is 339 g/mol. The average Bonchev–Trinajstić information content (AvgIpc) is 3.06. The summed E-state index contributed by atoms with van der Waals surface area (Å²) in [6.45, 7) is 1.89. The number of hydrogen-bond acceptors (Lipinski definition) is 7. The second-order valence-corrected chi connectivity index (χ2v) is 7.32. The number of nitrogens with zero attached hydrogens (tertiary/aromatic N) is 4. The van der Waals surface area contributed by atoms with Gasteiger partial charge >= 0.3 is 0 Å². The van der Waals surface area contributed by atoms with E-state index in [1.165, 1.54) is 28.2 Å². The van der Waals surface area contributed by atoms with Gasteiger partial charge in [0.2, 0.25) is 15.0 Å². The number of nitrogens with one attached hydrogen (secondary N) is 1. The van der Waals surface area contributed by atoms with Gasteiger partial charge < -0.3 is 4.74 Å². The molecule has 1 aromatic carbocycles. The van der Waals surface area contributed by atoms with Crippen LogP contribution in [-0.2, 0) is 16.6 Å². The first kappa shape index (κ1) is 14.9. The van der Waals surface area contributed by atoms with Gasteiger partial charge in [-0.3, -0.25) is 0 Å². The van der Waals surface area contributed by atoms with Crippen molar-refractivity contribution in [3.63, 3.8) is 0 Å². The van der Waals surface area contributed by atoms with Crippen LogP contribution in [0.15, 0.2) is 29.4 Å². The minimum absolute atomic E-state index is 0.0986. The van der Waals surface area contributed by atoms with Crippen molar-refractivity contribution in [1.82, 2.24) is 24.5 Å². The molecule has 2 aromatic heterocycles. The number of fused-ring (bicyclic) bond motifs is 1. The number of rotatable bonds is 5. The Balaban J connectivity index is 1.78. The van der Waals surface area contributed by atoms with Gasteiger partial charge in [-0.15, -0.1) is 10.2 Å². The number of aromatic nitrogens is 4. The van der Waals surface area contributed by atoms with Gasteiger partial charge in [-0.25, -0.2) is 13.1 Å². The Morgan fingerprint density at radius 1 is 1.41 bits per heavy atom. The molecule has 0 radical (unpaired) electrons. The van der Waals surface area contributed by atoms with E-state index < -0.39 is 10.0 Å². The van der Waals surface area contributed by atoms with Crippen LogP contribution in [0.25, 0.3) is 4.96 Å². The Labute approximate surface area is 130 Å². The molecule has 0 saturated carbocycles. The standard InChI is InChI=1S/C12H13N5O3S2/c1-8-5-9(3-4-10(8)20-2)22(18,19)14-6-11-16-17-7-13-15-12(17)21-11/h3-5,7,14H,6H2,1-2H3. The van der Waals surface area contributed by atoms with E-state index >= 15 is 0 Å². The number of aryl methyl sites for hydroxylation is 1. The fourth-order valence-electron chi connectivity index (χ4n) is 1.93. The van der Waals surface area contributed by atoms with Crippen molar-refractivity contribution in [2.75, 3.05) is 7.11 Å². The molecular formula is C12H13N5O3S2. The third-order valence-corrected chi connectivity index (χ3v) is 5.33. The summed E-state index contributed by atoms with van der Waals surface area (Å²) >= 11 is 1.28. The Kier molecular flexibility index (Phi) is 3.81. The fourth-order valence-corrected chi connectivity index (χ4v) is 3.85. The van der Waals surface area contributed by atoms with E-state index in [4.69, 9.17) is 4.74 Å². The second-order valence-electron chi connectivity index (χ2n) is 4.51. The lowest BCUT2D eigenvalue weighted by Gasteiger charge is -2.08. The van der Waals surface area contributed by atoms with Gasteiger partial charge in [0, 0.05) is 0 Å². The Hall–Kier alpha value is -2.04. The van der Waals surface area contributed by atoms with Crippen LogP contribution >= 0.6 is 11.3 Å². The second kappa shape index (κ2) is 5.63. The summed E-state index contributed by atoms with van der Waals surface area (Å²) in [5.74, 6) is 0.646. The van der Waals surface area contributed by atoms with Crippen molar-refractivity contribution in [3.8, 4) is 5.75 Å². The van der Waals surface area contributed by atoms with Crippen molar-refractivity contribution >= 4 is 26.3 Å². The van der Waals surface area contributed by atoms with E-state index in [1.807, 2.05) is 0 Å². The van der Waals surface area contributed by atoms with Gasteiger partial charge in [0.1, 0.15) is 17.1 Å². The largest absolute Gasteiger partial charge is 0.496 e. The normalized spacial score (nSPS) is 11.9. The first-order valence-corrected chi connectivity index (χ1v) is 8.59. The van der Waals surface area contributed by atoms with Gasteiger partial charge in [-0.2, -0.15) is 9.61 Å². The molecule has 0 atom stereocenters. The molecule has 0 spiro atoms. The minimum atomic E-state index is -3.61. The van der Waals surface area contributed by atoms with E-state index in [1.54, 1.807) is 26.2 Å². The Bertz CT molecular complexity index is 887. The van der Waals surface area contributed by atoms with E-state index in [2.05, 4.69) is 20.0 Å². The molecule has 0 bridgehead atoms. The van der Waals surface area contributed by atoms with Crippen molar-refractivity contribution in [3.05, 3.63) is 35.1 Å². The van der Waals surface area contributed by atoms with Gasteiger partial charge in [0.15, 0.2) is 0 Å². The number of ether oxygens (including phenoxy) is 1. The highest BCUT2D eigenvalue weighted by Crippen LogP contribution is 2.21. The molecule has 22 heavy (non-hydrogen) atoms. The topological polar surface area (TPSA) is 98.5 Å². The van der Waals surface area contributed by atoms with E-state index in [-0.39, 0.29) is 11.4 Å². The lowest BCUT2D eigenvalue weighted by molar-refractivity contribution is 0.411. The summed E-state index contributed by atoms with van der Waals surface area (Å²) in [5, 5.41) is 12.3. The van der Waals surface area contributed by atoms with E-state index in [9.17, 15) is 8.42 Å². The summed E-state index contributed by atoms with van der Waals surface area (Å²) in [7, 11) is -2.07. The Morgan fingerprint density at radius 3 is 2.91 bits per heavy atom. The highest BCUT2D eigenvalue weighted by Gasteiger charge is 2.16. The molecule has 0 aliphatic carbocycles. The maximum absolute atomic E-state index is 12.3. The molecule has 3 aromatic rings. The molecule has 0 aliphatic rings. The van der Waals surface area contributed by atoms with Crippen molar-refractivity contribution in [2.45, 2.75) is 18.4 Å². The third kappa shape index (κ3) is 2.80. The van der Waals surface area contributed by atoms with Gasteiger partial charge in [0.25, 0.3) is 0 Å². The number of methoxy groups -OCH3 is 1. The van der Waals surface area contributed by atoms with Crippen LogP contribution < -0.4 is 9.46 Å². The molecule has 1 N–H and O–H groups in total. The van der Waals surface area contributed by atoms with Crippen molar-refractivity contribution in [1.29, 1.82) is 0 Å². The maximum Gasteiger partial charge on any atom is 0.240 e. The van der Waals surface area contributed by atoms with Crippen LogP contribution in [0.4, 0.5) is 0 Å². The molecule has 3 rings (SSSR count). The van der Waals surface area contributed by atoms with Crippen LogP contribution in [0, 0.1) is 6.92 Å². The highest BCUT2D eigenvalue weighted by molar-refractivity contribution is 7.89. The maximum atomic E-state index is 12.3. The van der Waals surface area contributed by atoms with E-state index in [0.717, 1.165) is 5.56 Å². The number of benzene rings is 1. The summed E-state index contributed by atoms with van der Waals surface area (Å²) in [5.41, 5.74) is 0.754. The lowest BCUT2D eigenvalue weighted by atomic mass is 10.2.